The SMILES string of the molecule is CCNC(Cc1ccccc1C)c1snnc1C. The molecule has 2 aromatic rings. The number of nitrogens with zero attached hydrogens (tertiary/aromatic N) is 2. The molecule has 0 spiro atoms. The van der Waals surface area contributed by atoms with Gasteiger partial charge in [-0.05, 0) is 49.5 Å². The van der Waals surface area contributed by atoms with Crippen molar-refractivity contribution < 1.29 is 0 Å². The largest absolute Gasteiger partial charge is 0.309 e. The number of aryl methyl sites for hydroxylation is 2. The van der Waals surface area contributed by atoms with Crippen LogP contribution in [0.4, 0.5) is 0 Å². The van der Waals surface area contributed by atoms with Crippen LogP contribution in [0.2, 0.25) is 0 Å². The number of aromatic nitrogens is 2. The van der Waals surface area contributed by atoms with Crippen LogP contribution in [0, 0.1) is 13.8 Å². The average molecular weight is 261 g/mol. The highest BCUT2D eigenvalue weighted by Gasteiger charge is 2.17. The molecule has 1 aromatic carbocycles. The van der Waals surface area contributed by atoms with Crippen molar-refractivity contribution in [2.24, 2.45) is 0 Å². The molecule has 2 rings (SSSR count). The summed E-state index contributed by atoms with van der Waals surface area (Å²) >= 11 is 1.50. The van der Waals surface area contributed by atoms with E-state index in [0.29, 0.717) is 6.04 Å². The number of hydrogen-bond donors (Lipinski definition) is 1. The van der Waals surface area contributed by atoms with Crippen molar-refractivity contribution >= 4 is 11.5 Å². The first-order valence-electron chi connectivity index (χ1n) is 6.29. The van der Waals surface area contributed by atoms with Crippen LogP contribution >= 0.6 is 11.5 Å². The predicted molar refractivity (Wildman–Crippen MR) is 75.9 cm³/mol. The Kier molecular flexibility index (Phi) is 4.44. The Balaban J connectivity index is 2.22. The molecule has 0 aliphatic carbocycles. The summed E-state index contributed by atoms with van der Waals surface area (Å²) in [6, 6.07) is 8.86. The second-order valence-corrected chi connectivity index (χ2v) is 5.25. The van der Waals surface area contributed by atoms with Crippen molar-refractivity contribution in [3.63, 3.8) is 0 Å². The normalized spacial score (nSPS) is 12.6. The molecule has 0 bridgehead atoms. The van der Waals surface area contributed by atoms with Gasteiger partial charge in [0.1, 0.15) is 0 Å². The summed E-state index contributed by atoms with van der Waals surface area (Å²) in [5.74, 6) is 0. The Bertz CT molecular complexity index is 507. The van der Waals surface area contributed by atoms with Crippen LogP contribution < -0.4 is 5.32 Å². The van der Waals surface area contributed by atoms with E-state index in [2.05, 4.69) is 53.0 Å². The third kappa shape index (κ3) is 2.94. The van der Waals surface area contributed by atoms with E-state index in [1.54, 1.807) is 0 Å². The van der Waals surface area contributed by atoms with E-state index in [9.17, 15) is 0 Å². The summed E-state index contributed by atoms with van der Waals surface area (Å²) in [6.45, 7) is 7.28. The lowest BCUT2D eigenvalue weighted by Gasteiger charge is -2.17. The molecule has 0 amide bonds. The molecule has 0 saturated carbocycles. The first-order valence-corrected chi connectivity index (χ1v) is 7.06. The van der Waals surface area contributed by atoms with Gasteiger partial charge in [-0.3, -0.25) is 0 Å². The van der Waals surface area contributed by atoms with E-state index in [4.69, 9.17) is 0 Å². The maximum absolute atomic E-state index is 4.11. The number of rotatable bonds is 5. The quantitative estimate of drug-likeness (QED) is 0.899. The lowest BCUT2D eigenvalue weighted by molar-refractivity contribution is 0.553. The minimum Gasteiger partial charge on any atom is -0.309 e. The Labute approximate surface area is 112 Å². The van der Waals surface area contributed by atoms with E-state index in [1.807, 2.05) is 6.92 Å². The minimum absolute atomic E-state index is 0.316. The van der Waals surface area contributed by atoms with Crippen molar-refractivity contribution in [2.75, 3.05) is 6.54 Å². The zero-order valence-corrected chi connectivity index (χ0v) is 11.9. The predicted octanol–water partition coefficient (Wildman–Crippen LogP) is 3.05. The van der Waals surface area contributed by atoms with Gasteiger partial charge in [-0.1, -0.05) is 35.7 Å². The molecule has 0 fully saturated rings. The second-order valence-electron chi connectivity index (χ2n) is 4.46. The lowest BCUT2D eigenvalue weighted by Crippen LogP contribution is -2.23. The fourth-order valence-corrected chi connectivity index (χ4v) is 2.84. The Morgan fingerprint density at radius 3 is 2.67 bits per heavy atom. The molecule has 1 aromatic heterocycles. The van der Waals surface area contributed by atoms with Gasteiger partial charge in [-0.25, -0.2) is 0 Å². The van der Waals surface area contributed by atoms with Crippen LogP contribution in [0.15, 0.2) is 24.3 Å². The van der Waals surface area contributed by atoms with Gasteiger partial charge in [-0.2, -0.15) is 0 Å². The van der Waals surface area contributed by atoms with E-state index in [1.165, 1.54) is 27.5 Å². The highest BCUT2D eigenvalue weighted by atomic mass is 32.1. The minimum atomic E-state index is 0.316. The van der Waals surface area contributed by atoms with Gasteiger partial charge in [0.15, 0.2) is 0 Å². The molecule has 3 nitrogen and oxygen atoms in total. The van der Waals surface area contributed by atoms with E-state index in [-0.39, 0.29) is 0 Å². The van der Waals surface area contributed by atoms with Gasteiger partial charge in [0.25, 0.3) is 0 Å². The Morgan fingerprint density at radius 1 is 1.28 bits per heavy atom. The molecular weight excluding hydrogens is 242 g/mol. The molecule has 0 aliphatic rings. The average Bonchev–Trinajstić information content (AvgIpc) is 2.78. The van der Waals surface area contributed by atoms with Gasteiger partial charge in [-0.15, -0.1) is 5.10 Å². The van der Waals surface area contributed by atoms with E-state index in [0.717, 1.165) is 18.7 Å². The molecule has 1 N–H and O–H groups in total. The summed E-state index contributed by atoms with van der Waals surface area (Å²) < 4.78 is 4.04. The Morgan fingerprint density at radius 2 is 2.06 bits per heavy atom. The highest BCUT2D eigenvalue weighted by molar-refractivity contribution is 7.05. The summed E-state index contributed by atoms with van der Waals surface area (Å²) in [6.07, 6.45) is 0.991. The monoisotopic (exact) mass is 261 g/mol. The first-order chi connectivity index (χ1) is 8.72. The number of hydrogen-bond acceptors (Lipinski definition) is 4. The topological polar surface area (TPSA) is 37.8 Å². The van der Waals surface area contributed by atoms with Gasteiger partial charge < -0.3 is 5.32 Å². The van der Waals surface area contributed by atoms with Gasteiger partial charge >= 0.3 is 0 Å². The fourth-order valence-electron chi connectivity index (χ4n) is 2.12. The molecule has 1 heterocycles. The molecule has 0 saturated heterocycles. The standard InChI is InChI=1S/C14H19N3S/c1-4-15-13(14-11(3)16-17-18-14)9-12-8-6-5-7-10(12)2/h5-8,13,15H,4,9H2,1-3H3. The van der Waals surface area contributed by atoms with E-state index < -0.39 is 0 Å². The smallest absolute Gasteiger partial charge is 0.0772 e. The zero-order chi connectivity index (χ0) is 13.0. The number of benzene rings is 1. The number of nitrogens with one attached hydrogen (secondary N) is 1. The molecule has 0 radical (unpaired) electrons. The van der Waals surface area contributed by atoms with Crippen molar-refractivity contribution in [2.45, 2.75) is 33.2 Å². The van der Waals surface area contributed by atoms with Crippen molar-refractivity contribution in [1.29, 1.82) is 0 Å². The fraction of sp³-hybridized carbons (Fsp3) is 0.429. The van der Waals surface area contributed by atoms with Gasteiger partial charge in [0.05, 0.1) is 10.6 Å². The third-order valence-electron chi connectivity index (χ3n) is 3.14. The zero-order valence-electron chi connectivity index (χ0n) is 11.1. The summed E-state index contributed by atoms with van der Waals surface area (Å²) in [5, 5.41) is 7.64. The molecule has 96 valence electrons. The lowest BCUT2D eigenvalue weighted by atomic mass is 9.99. The van der Waals surface area contributed by atoms with Crippen LogP contribution in [0.25, 0.3) is 0 Å². The maximum Gasteiger partial charge on any atom is 0.0772 e. The highest BCUT2D eigenvalue weighted by Crippen LogP contribution is 2.24. The number of likely N-dealkylation sites (N-methyl/N-ethyl adjacent to an activating group) is 1. The van der Waals surface area contributed by atoms with Gasteiger partial charge in [0, 0.05) is 6.04 Å². The van der Waals surface area contributed by atoms with E-state index >= 15 is 0 Å². The van der Waals surface area contributed by atoms with Gasteiger partial charge in [0.2, 0.25) is 0 Å². The first kappa shape index (κ1) is 13.2. The van der Waals surface area contributed by atoms with Crippen molar-refractivity contribution in [3.05, 3.63) is 46.0 Å². The third-order valence-corrected chi connectivity index (χ3v) is 4.08. The summed E-state index contributed by atoms with van der Waals surface area (Å²) in [5.41, 5.74) is 3.77. The molecule has 4 heteroatoms. The van der Waals surface area contributed by atoms with Crippen LogP contribution in [0.1, 0.15) is 34.7 Å². The van der Waals surface area contributed by atoms with Crippen LogP contribution in [-0.4, -0.2) is 16.1 Å². The summed E-state index contributed by atoms with van der Waals surface area (Å²) in [4.78, 5) is 1.25. The molecule has 0 aliphatic heterocycles. The Hall–Kier alpha value is -1.26. The van der Waals surface area contributed by atoms with Crippen LogP contribution in [-0.2, 0) is 6.42 Å². The molecule has 1 atom stereocenters. The van der Waals surface area contributed by atoms with Crippen molar-refractivity contribution in [1.82, 2.24) is 14.9 Å². The molecular formula is C14H19N3S. The van der Waals surface area contributed by atoms with Crippen LogP contribution in [0.3, 0.4) is 0 Å². The molecule has 1 unspecified atom stereocenters. The van der Waals surface area contributed by atoms with Crippen molar-refractivity contribution in [3.8, 4) is 0 Å². The molecule has 18 heavy (non-hydrogen) atoms. The van der Waals surface area contributed by atoms with Crippen LogP contribution in [0.5, 0.6) is 0 Å². The second kappa shape index (κ2) is 6.07. The maximum atomic E-state index is 4.11. The summed E-state index contributed by atoms with van der Waals surface area (Å²) in [7, 11) is 0.